The molecule has 0 bridgehead atoms. The maximum absolute atomic E-state index is 13.2. The van der Waals surface area contributed by atoms with Crippen LogP contribution in [0.5, 0.6) is 0 Å². The highest BCUT2D eigenvalue weighted by Gasteiger charge is 2.44. The summed E-state index contributed by atoms with van der Waals surface area (Å²) in [7, 11) is 0. The van der Waals surface area contributed by atoms with Crippen LogP contribution in [0, 0.1) is 0 Å². The van der Waals surface area contributed by atoms with E-state index >= 15 is 0 Å². The molecule has 1 rings (SSSR count). The number of aliphatic hydroxyl groups excluding tert-OH is 7. The van der Waals surface area contributed by atoms with E-state index in [-0.39, 0.29) is 12.8 Å². The van der Waals surface area contributed by atoms with Crippen molar-refractivity contribution in [2.75, 3.05) is 13.2 Å². The summed E-state index contributed by atoms with van der Waals surface area (Å²) in [5.41, 5.74) is 0. The number of amides is 1. The number of ether oxygens (including phenoxy) is 2. The van der Waals surface area contributed by atoms with Gasteiger partial charge in [0.2, 0.25) is 5.91 Å². The minimum Gasteiger partial charge on any atom is -0.394 e. The summed E-state index contributed by atoms with van der Waals surface area (Å²) in [5.74, 6) is -0.708. The lowest BCUT2D eigenvalue weighted by Crippen LogP contribution is -2.60. The first-order valence-electron chi connectivity index (χ1n) is 31.4. The van der Waals surface area contributed by atoms with E-state index in [9.17, 15) is 40.5 Å². The quantitative estimate of drug-likeness (QED) is 0.0165. The molecular formula is C63H119NO10. The van der Waals surface area contributed by atoms with Gasteiger partial charge in [0.25, 0.3) is 0 Å². The van der Waals surface area contributed by atoms with Crippen molar-refractivity contribution in [3.63, 3.8) is 0 Å². The van der Waals surface area contributed by atoms with Crippen LogP contribution < -0.4 is 5.32 Å². The number of carbonyl (C=O) groups is 1. The fourth-order valence-corrected chi connectivity index (χ4v) is 10.1. The third-order valence-electron chi connectivity index (χ3n) is 15.2. The highest BCUT2D eigenvalue weighted by Crippen LogP contribution is 2.23. The Morgan fingerprint density at radius 2 is 0.838 bits per heavy atom. The zero-order valence-electron chi connectivity index (χ0n) is 47.8. The molecule has 0 spiro atoms. The van der Waals surface area contributed by atoms with Crippen molar-refractivity contribution < 1.29 is 50.0 Å². The van der Waals surface area contributed by atoms with Crippen molar-refractivity contribution in [2.24, 2.45) is 0 Å². The van der Waals surface area contributed by atoms with Gasteiger partial charge < -0.3 is 50.5 Å². The summed E-state index contributed by atoms with van der Waals surface area (Å²) >= 11 is 0. The second kappa shape index (κ2) is 52.1. The number of hydrogen-bond donors (Lipinski definition) is 8. The van der Waals surface area contributed by atoms with Gasteiger partial charge in [0.05, 0.1) is 25.4 Å². The first kappa shape index (κ1) is 70.3. The molecule has 0 aromatic carbocycles. The molecule has 0 aromatic rings. The standard InChI is InChI=1S/C63H119NO10/c1-3-5-7-9-11-13-15-17-19-21-23-24-25-26-27-28-29-30-31-32-33-35-36-38-40-42-44-46-48-50-55(66)58(68)54(53-73-63-61(71)60(70)59(69)57(52-65)74-63)64-62(72)56(67)51-49-47-45-43-41-39-37-34-22-20-18-16-14-12-10-8-6-4-2/h12,14,16,18,42,44,54-61,63,65-71H,3-11,13,15,17,19-41,43,45-53H2,1-2H3,(H,64,72)/b14-12-,18-16-,44-42+. The first-order chi connectivity index (χ1) is 36.2. The lowest BCUT2D eigenvalue weighted by atomic mass is 9.98. The van der Waals surface area contributed by atoms with Crippen molar-refractivity contribution in [1.29, 1.82) is 0 Å². The second-order valence-corrected chi connectivity index (χ2v) is 22.2. The minimum absolute atomic E-state index is 0.248. The summed E-state index contributed by atoms with van der Waals surface area (Å²) in [6, 6.07) is -1.19. The van der Waals surface area contributed by atoms with E-state index in [1.54, 1.807) is 0 Å². The molecule has 0 saturated carbocycles. The molecule has 8 N–H and O–H groups in total. The SMILES string of the molecule is CCCCC/C=C\C=C/CCCCCCCCCCCC(O)C(=O)NC(COC1OC(CO)C(O)C(O)C1O)C(O)C(O)CCC/C=C/CCCCCCCCCCCCCCCCCCCCCCCCCC. The fourth-order valence-electron chi connectivity index (χ4n) is 10.1. The molecule has 9 atom stereocenters. The van der Waals surface area contributed by atoms with Crippen molar-refractivity contribution in [3.8, 4) is 0 Å². The van der Waals surface area contributed by atoms with E-state index in [1.165, 1.54) is 205 Å². The van der Waals surface area contributed by atoms with Gasteiger partial charge in [-0.3, -0.25) is 4.79 Å². The van der Waals surface area contributed by atoms with Gasteiger partial charge >= 0.3 is 0 Å². The summed E-state index contributed by atoms with van der Waals surface area (Å²) in [5, 5.41) is 76.2. The normalized spacial score (nSPS) is 20.0. The predicted octanol–water partition coefficient (Wildman–Crippen LogP) is 13.9. The molecule has 1 fully saturated rings. The summed E-state index contributed by atoms with van der Waals surface area (Å²) in [4.78, 5) is 13.2. The molecule has 1 saturated heterocycles. The molecule has 1 heterocycles. The van der Waals surface area contributed by atoms with Crippen molar-refractivity contribution in [2.45, 2.75) is 345 Å². The molecule has 1 aliphatic heterocycles. The van der Waals surface area contributed by atoms with Gasteiger partial charge in [-0.2, -0.15) is 0 Å². The van der Waals surface area contributed by atoms with Crippen LogP contribution in [0.1, 0.15) is 290 Å². The Bertz CT molecular complexity index is 1300. The highest BCUT2D eigenvalue weighted by molar-refractivity contribution is 5.80. The maximum Gasteiger partial charge on any atom is 0.249 e. The van der Waals surface area contributed by atoms with Crippen LogP contribution in [-0.2, 0) is 14.3 Å². The number of carbonyl (C=O) groups excluding carboxylic acids is 1. The molecule has 1 aliphatic rings. The zero-order valence-corrected chi connectivity index (χ0v) is 47.8. The summed E-state index contributed by atoms with van der Waals surface area (Å²) in [6.07, 6.45) is 53.6. The van der Waals surface area contributed by atoms with E-state index in [0.29, 0.717) is 12.8 Å². The van der Waals surface area contributed by atoms with E-state index in [4.69, 9.17) is 9.47 Å². The lowest BCUT2D eigenvalue weighted by Gasteiger charge is -2.40. The summed E-state index contributed by atoms with van der Waals surface area (Å²) < 4.78 is 11.1. The predicted molar refractivity (Wildman–Crippen MR) is 307 cm³/mol. The fraction of sp³-hybridized carbons (Fsp3) is 0.889. The van der Waals surface area contributed by atoms with Gasteiger partial charge in [-0.05, 0) is 64.2 Å². The minimum atomic E-state index is -1.67. The Labute approximate surface area is 454 Å². The average Bonchev–Trinajstić information content (AvgIpc) is 3.40. The van der Waals surface area contributed by atoms with Gasteiger partial charge in [0, 0.05) is 0 Å². The first-order valence-corrected chi connectivity index (χ1v) is 31.4. The molecule has 1 amide bonds. The van der Waals surface area contributed by atoms with Crippen LogP contribution in [0.25, 0.3) is 0 Å². The Hall–Kier alpha value is -1.67. The van der Waals surface area contributed by atoms with E-state index in [2.05, 4.69) is 55.6 Å². The second-order valence-electron chi connectivity index (χ2n) is 22.2. The Morgan fingerprint density at radius 3 is 1.27 bits per heavy atom. The van der Waals surface area contributed by atoms with Gasteiger partial charge in [-0.25, -0.2) is 0 Å². The average molecular weight is 1050 g/mol. The van der Waals surface area contributed by atoms with Gasteiger partial charge in [-0.15, -0.1) is 0 Å². The van der Waals surface area contributed by atoms with Crippen molar-refractivity contribution in [3.05, 3.63) is 36.5 Å². The topological polar surface area (TPSA) is 189 Å². The summed E-state index contributed by atoms with van der Waals surface area (Å²) in [6.45, 7) is 3.44. The molecule has 9 unspecified atom stereocenters. The number of nitrogens with one attached hydrogen (secondary N) is 1. The van der Waals surface area contributed by atoms with E-state index < -0.39 is 74.2 Å². The lowest BCUT2D eigenvalue weighted by molar-refractivity contribution is -0.303. The number of rotatable bonds is 54. The van der Waals surface area contributed by atoms with Crippen LogP contribution in [0.15, 0.2) is 36.5 Å². The maximum atomic E-state index is 13.2. The molecule has 11 nitrogen and oxygen atoms in total. The Balaban J connectivity index is 2.26. The molecule has 0 aliphatic carbocycles. The molecule has 11 heteroatoms. The zero-order chi connectivity index (χ0) is 54.0. The van der Waals surface area contributed by atoms with E-state index in [0.717, 1.165) is 44.9 Å². The van der Waals surface area contributed by atoms with Crippen molar-refractivity contribution in [1.82, 2.24) is 5.32 Å². The van der Waals surface area contributed by atoms with Gasteiger partial charge in [0.1, 0.15) is 36.6 Å². The van der Waals surface area contributed by atoms with Crippen LogP contribution in [0.3, 0.4) is 0 Å². The number of allylic oxidation sites excluding steroid dienone is 6. The Kier molecular flexibility index (Phi) is 49.5. The largest absolute Gasteiger partial charge is 0.394 e. The molecule has 436 valence electrons. The third-order valence-corrected chi connectivity index (χ3v) is 15.2. The van der Waals surface area contributed by atoms with Crippen LogP contribution in [0.4, 0.5) is 0 Å². The van der Waals surface area contributed by atoms with Gasteiger partial charge in [-0.1, -0.05) is 262 Å². The van der Waals surface area contributed by atoms with Crippen LogP contribution in [0.2, 0.25) is 0 Å². The highest BCUT2D eigenvalue weighted by atomic mass is 16.7. The smallest absolute Gasteiger partial charge is 0.249 e. The molecule has 0 radical (unpaired) electrons. The monoisotopic (exact) mass is 1050 g/mol. The van der Waals surface area contributed by atoms with E-state index in [1.807, 2.05) is 0 Å². The molecule has 74 heavy (non-hydrogen) atoms. The van der Waals surface area contributed by atoms with Crippen LogP contribution >= 0.6 is 0 Å². The van der Waals surface area contributed by atoms with Crippen LogP contribution in [-0.4, -0.2) is 110 Å². The Morgan fingerprint density at radius 1 is 0.473 bits per heavy atom. The molecular weight excluding hydrogens is 931 g/mol. The number of hydrogen-bond acceptors (Lipinski definition) is 10. The molecule has 0 aromatic heterocycles. The number of unbranched alkanes of at least 4 members (excludes halogenated alkanes) is 37. The van der Waals surface area contributed by atoms with Gasteiger partial charge in [0.15, 0.2) is 6.29 Å². The van der Waals surface area contributed by atoms with Crippen molar-refractivity contribution >= 4 is 5.91 Å². The third kappa shape index (κ3) is 39.7. The number of aliphatic hydroxyl groups is 7.